The lowest BCUT2D eigenvalue weighted by atomic mass is 10.1. The third kappa shape index (κ3) is 8.60. The van der Waals surface area contributed by atoms with E-state index < -0.39 is 11.9 Å². The normalized spacial score (nSPS) is 10.6. The quantitative estimate of drug-likeness (QED) is 0.159. The third-order valence-corrected chi connectivity index (χ3v) is 10.3. The van der Waals surface area contributed by atoms with Crippen LogP contribution in [-0.4, -0.2) is 38.0 Å². The highest BCUT2D eigenvalue weighted by atomic mass is 127. The maximum Gasteiger partial charge on any atom is 0.340 e. The number of methoxy groups -OCH3 is 2. The van der Waals surface area contributed by atoms with Gasteiger partial charge in [0.05, 0.1) is 43.9 Å². The van der Waals surface area contributed by atoms with Crippen LogP contribution in [0.3, 0.4) is 0 Å². The highest BCUT2D eigenvalue weighted by molar-refractivity contribution is 14.1. The fraction of sp³-hybridized carbons (Fsp3) is 0.273. The van der Waals surface area contributed by atoms with Crippen molar-refractivity contribution in [1.29, 1.82) is 0 Å². The average Bonchev–Trinajstić information content (AvgIpc) is 2.81. The predicted molar refractivity (Wildman–Crippen MR) is 188 cm³/mol. The first-order valence-electron chi connectivity index (χ1n) is 10.0. The molecule has 14 heteroatoms. The molecule has 0 aliphatic carbocycles. The molecule has 0 aliphatic heterocycles. The van der Waals surface area contributed by atoms with Crippen molar-refractivity contribution < 1.29 is 28.7 Å². The summed E-state index contributed by atoms with van der Waals surface area (Å²) in [4.78, 5) is 49.4. The summed E-state index contributed by atoms with van der Waals surface area (Å²) < 4.78 is 14.1. The lowest BCUT2D eigenvalue weighted by molar-refractivity contribution is -0.118. The smallest absolute Gasteiger partial charge is 0.340 e. The van der Waals surface area contributed by atoms with E-state index in [4.69, 9.17) is 9.47 Å². The summed E-state index contributed by atoms with van der Waals surface area (Å²) in [6.07, 6.45) is 1.47. The largest absolute Gasteiger partial charge is 0.465 e. The molecule has 0 spiro atoms. The number of benzene rings is 2. The van der Waals surface area contributed by atoms with Crippen molar-refractivity contribution in [2.75, 3.05) is 24.9 Å². The van der Waals surface area contributed by atoms with E-state index in [9.17, 15) is 19.2 Å². The van der Waals surface area contributed by atoms with Crippen molar-refractivity contribution in [3.63, 3.8) is 0 Å². The number of carbonyl (C=O) groups is 4. The third-order valence-electron chi connectivity index (χ3n) is 4.71. The number of esters is 2. The molecule has 0 fully saturated rings. The number of unbranched alkanes of at least 4 members (excludes halogenated alkanes) is 1. The van der Waals surface area contributed by atoms with Gasteiger partial charge in [-0.3, -0.25) is 9.59 Å². The van der Waals surface area contributed by atoms with Crippen molar-refractivity contribution in [2.24, 2.45) is 0 Å². The van der Waals surface area contributed by atoms with Crippen LogP contribution in [0, 0.1) is 21.4 Å². The van der Waals surface area contributed by atoms with Crippen LogP contribution >= 0.6 is 136 Å². The minimum Gasteiger partial charge on any atom is -0.465 e. The molecule has 0 saturated carbocycles. The monoisotopic (exact) mass is 1170 g/mol. The molecular formula is C22H18I6N2O6. The van der Waals surface area contributed by atoms with E-state index in [-0.39, 0.29) is 24.7 Å². The Morgan fingerprint density at radius 3 is 1.28 bits per heavy atom. The molecule has 194 valence electrons. The summed E-state index contributed by atoms with van der Waals surface area (Å²) in [5, 5.41) is 5.77. The topological polar surface area (TPSA) is 111 Å². The summed E-state index contributed by atoms with van der Waals surface area (Å²) in [5.74, 6) is -1.32. The van der Waals surface area contributed by atoms with Gasteiger partial charge in [-0.15, -0.1) is 0 Å². The van der Waals surface area contributed by atoms with Gasteiger partial charge in [0, 0.05) is 27.1 Å². The number of nitrogens with one attached hydrogen (secondary N) is 2. The SMILES string of the molecule is COC(=O)c1c(I)cc(I)c(NC(=O)CCCCC(=O)Nc2c(I)cc(I)c(C(=O)OC)c2I)c1I. The van der Waals surface area contributed by atoms with E-state index in [1.165, 1.54) is 14.2 Å². The Labute approximate surface area is 290 Å². The Morgan fingerprint density at radius 2 is 0.972 bits per heavy atom. The van der Waals surface area contributed by atoms with Crippen LogP contribution in [0.25, 0.3) is 0 Å². The van der Waals surface area contributed by atoms with Crippen molar-refractivity contribution in [1.82, 2.24) is 0 Å². The maximum atomic E-state index is 12.6. The second-order valence-corrected chi connectivity index (χ2v) is 13.9. The van der Waals surface area contributed by atoms with E-state index >= 15 is 0 Å². The van der Waals surface area contributed by atoms with Crippen molar-refractivity contribution in [3.8, 4) is 0 Å². The molecule has 2 aromatic rings. The van der Waals surface area contributed by atoms with Gasteiger partial charge in [0.1, 0.15) is 0 Å². The molecule has 0 unspecified atom stereocenters. The van der Waals surface area contributed by atoms with Gasteiger partial charge in [-0.25, -0.2) is 9.59 Å². The number of hydrogen-bond acceptors (Lipinski definition) is 6. The molecule has 0 heterocycles. The van der Waals surface area contributed by atoms with Crippen molar-refractivity contribution >= 4 is 171 Å². The summed E-state index contributed by atoms with van der Waals surface area (Å²) in [5.41, 5.74) is 1.98. The maximum absolute atomic E-state index is 12.6. The highest BCUT2D eigenvalue weighted by Gasteiger charge is 2.23. The van der Waals surface area contributed by atoms with Crippen LogP contribution in [0.2, 0.25) is 0 Å². The number of hydrogen-bond donors (Lipinski definition) is 2. The minimum absolute atomic E-state index is 0.201. The molecule has 2 rings (SSSR count). The zero-order valence-electron chi connectivity index (χ0n) is 18.7. The second kappa shape index (κ2) is 15.5. The lowest BCUT2D eigenvalue weighted by Crippen LogP contribution is -2.18. The summed E-state index contributed by atoms with van der Waals surface area (Å²) in [6.45, 7) is 0. The van der Waals surface area contributed by atoms with Crippen LogP contribution in [-0.2, 0) is 19.1 Å². The molecule has 2 aromatic carbocycles. The molecule has 0 atom stereocenters. The molecule has 36 heavy (non-hydrogen) atoms. The fourth-order valence-corrected chi connectivity index (χ4v) is 11.1. The van der Waals surface area contributed by atoms with Gasteiger partial charge in [-0.05, 0) is 161 Å². The van der Waals surface area contributed by atoms with Gasteiger partial charge in [0.25, 0.3) is 0 Å². The van der Waals surface area contributed by atoms with Crippen LogP contribution in [0.4, 0.5) is 11.4 Å². The zero-order chi connectivity index (χ0) is 27.2. The van der Waals surface area contributed by atoms with Crippen LogP contribution in [0.5, 0.6) is 0 Å². The van der Waals surface area contributed by atoms with Crippen molar-refractivity contribution in [3.05, 3.63) is 44.7 Å². The van der Waals surface area contributed by atoms with Gasteiger partial charge >= 0.3 is 11.9 Å². The first-order chi connectivity index (χ1) is 16.9. The first-order valence-corrected chi connectivity index (χ1v) is 16.5. The average molecular weight is 1170 g/mol. The molecule has 0 bridgehead atoms. The minimum atomic E-state index is -0.460. The van der Waals surface area contributed by atoms with Gasteiger partial charge in [0.2, 0.25) is 11.8 Å². The Bertz CT molecular complexity index is 1130. The molecule has 8 nitrogen and oxygen atoms in total. The van der Waals surface area contributed by atoms with Gasteiger partial charge in [0.15, 0.2) is 0 Å². The van der Waals surface area contributed by atoms with Crippen LogP contribution < -0.4 is 10.6 Å². The van der Waals surface area contributed by atoms with E-state index in [0.717, 1.165) is 14.3 Å². The Kier molecular flexibility index (Phi) is 14.1. The van der Waals surface area contributed by atoms with E-state index in [1.54, 1.807) is 0 Å². The molecule has 0 saturated heterocycles. The Balaban J connectivity index is 1.96. The van der Waals surface area contributed by atoms with Gasteiger partial charge in [-0.1, -0.05) is 0 Å². The van der Waals surface area contributed by atoms with Gasteiger partial charge in [-0.2, -0.15) is 0 Å². The first kappa shape index (κ1) is 32.9. The highest BCUT2D eigenvalue weighted by Crippen LogP contribution is 2.33. The Morgan fingerprint density at radius 1 is 0.639 bits per heavy atom. The number of anilines is 2. The molecule has 2 N–H and O–H groups in total. The molecule has 0 radical (unpaired) electrons. The van der Waals surface area contributed by atoms with Crippen LogP contribution in [0.15, 0.2) is 12.1 Å². The number of amides is 2. The summed E-state index contributed by atoms with van der Waals surface area (Å²) >= 11 is 12.4. The number of halogens is 6. The number of rotatable bonds is 9. The van der Waals surface area contributed by atoms with E-state index in [0.29, 0.717) is 42.5 Å². The van der Waals surface area contributed by atoms with E-state index in [1.807, 2.05) is 57.3 Å². The molecule has 0 aromatic heterocycles. The summed E-state index contributed by atoms with van der Waals surface area (Å²) in [6, 6.07) is 3.63. The number of ether oxygens (including phenoxy) is 2. The number of carbonyl (C=O) groups excluding carboxylic acids is 4. The van der Waals surface area contributed by atoms with Gasteiger partial charge < -0.3 is 20.1 Å². The lowest BCUT2D eigenvalue weighted by Gasteiger charge is -2.15. The Hall–Kier alpha value is 0.700. The molecule has 2 amide bonds. The zero-order valence-corrected chi connectivity index (χ0v) is 31.6. The van der Waals surface area contributed by atoms with Crippen LogP contribution in [0.1, 0.15) is 46.4 Å². The van der Waals surface area contributed by atoms with E-state index in [2.05, 4.69) is 101 Å². The molecule has 0 aliphatic rings. The predicted octanol–water partition coefficient (Wildman–Crippen LogP) is 7.03. The standard InChI is InChI=1S/C22H18I6N2O6/c1-35-21(33)15-9(23)7-11(25)19(17(15)27)29-13(31)5-3-4-6-14(32)30-20-12(26)8-10(24)16(18(20)28)22(34)36-2/h7-8H,3-6H2,1-2H3,(H,29,31)(H,30,32). The summed E-state index contributed by atoms with van der Waals surface area (Å²) in [7, 11) is 2.64. The van der Waals surface area contributed by atoms with Crippen molar-refractivity contribution in [2.45, 2.75) is 25.7 Å². The second-order valence-electron chi connectivity index (χ2n) is 7.10. The fourth-order valence-electron chi connectivity index (χ4n) is 2.96. The molecular weight excluding hydrogens is 1150 g/mol.